The first-order chi connectivity index (χ1) is 11.8. The van der Waals surface area contributed by atoms with E-state index in [-0.39, 0.29) is 11.8 Å². The van der Waals surface area contributed by atoms with Crippen LogP contribution in [0.5, 0.6) is 0 Å². The number of aromatic nitrogens is 2. The Balaban J connectivity index is 2.32. The summed E-state index contributed by atoms with van der Waals surface area (Å²) in [7, 11) is 1.31. The number of anilines is 3. The predicted octanol–water partition coefficient (Wildman–Crippen LogP) is 2.95. The van der Waals surface area contributed by atoms with E-state index in [0.717, 1.165) is 0 Å². The van der Waals surface area contributed by atoms with E-state index in [9.17, 15) is 4.79 Å². The molecule has 1 aromatic carbocycles. The second-order valence-corrected chi connectivity index (χ2v) is 6.33. The lowest BCUT2D eigenvalue weighted by molar-refractivity contribution is -0.136. The van der Waals surface area contributed by atoms with E-state index in [1.807, 2.05) is 0 Å². The Labute approximate surface area is 154 Å². The Morgan fingerprint density at radius 3 is 2.64 bits per heavy atom. The number of benzene rings is 1. The maximum atomic E-state index is 12.4. The van der Waals surface area contributed by atoms with Gasteiger partial charge in [0.25, 0.3) is 0 Å². The maximum absolute atomic E-state index is 12.4. The monoisotopic (exact) mass is 379 g/mol. The molecule has 0 aliphatic carbocycles. The highest BCUT2D eigenvalue weighted by molar-refractivity contribution is 6.35. The van der Waals surface area contributed by atoms with Crippen molar-refractivity contribution in [1.29, 1.82) is 0 Å². The molecule has 0 bridgehead atoms. The van der Waals surface area contributed by atoms with Crippen LogP contribution in [0.25, 0.3) is 0 Å². The van der Waals surface area contributed by atoms with E-state index < -0.39 is 11.9 Å². The molecule has 1 aromatic heterocycles. The van der Waals surface area contributed by atoms with Gasteiger partial charge in [0.15, 0.2) is 0 Å². The number of nitrogens with one attached hydrogen (secondary N) is 1. The molecule has 0 radical (unpaired) electrons. The number of hydrogen-bond donors (Lipinski definition) is 3. The van der Waals surface area contributed by atoms with Gasteiger partial charge >= 0.3 is 5.97 Å². The molecule has 0 saturated carbocycles. The van der Waals surface area contributed by atoms with Gasteiger partial charge in [-0.25, -0.2) is 4.79 Å². The highest BCUT2D eigenvalue weighted by atomic mass is 35.5. The second-order valence-electron chi connectivity index (χ2n) is 5.48. The average Bonchev–Trinajstić information content (AvgIpc) is 2.52. The molecule has 1 unspecified atom stereocenters. The summed E-state index contributed by atoms with van der Waals surface area (Å²) in [6.45, 7) is 1.74. The molecule has 25 heavy (non-hydrogen) atoms. The first-order valence-corrected chi connectivity index (χ1v) is 8.03. The molecule has 0 saturated heterocycles. The zero-order valence-corrected chi connectivity index (χ0v) is 14.9. The molecule has 0 spiro atoms. The number of rotatable bonds is 2. The van der Waals surface area contributed by atoms with E-state index in [4.69, 9.17) is 39.4 Å². The van der Waals surface area contributed by atoms with Crippen molar-refractivity contribution < 1.29 is 9.53 Å². The van der Waals surface area contributed by atoms with E-state index in [1.165, 1.54) is 7.11 Å². The molecule has 9 heteroatoms. The summed E-state index contributed by atoms with van der Waals surface area (Å²) in [5.74, 6) is -0.526. The van der Waals surface area contributed by atoms with E-state index in [0.29, 0.717) is 38.3 Å². The van der Waals surface area contributed by atoms with E-state index in [1.54, 1.807) is 25.1 Å². The van der Waals surface area contributed by atoms with Crippen molar-refractivity contribution in [1.82, 2.24) is 9.97 Å². The number of hydrogen-bond acceptors (Lipinski definition) is 7. The van der Waals surface area contributed by atoms with Gasteiger partial charge < -0.3 is 21.5 Å². The summed E-state index contributed by atoms with van der Waals surface area (Å²) < 4.78 is 4.94. The van der Waals surface area contributed by atoms with Crippen LogP contribution in [0, 0.1) is 0 Å². The lowest BCUT2D eigenvalue weighted by atomic mass is 9.82. The van der Waals surface area contributed by atoms with Gasteiger partial charge in [-0.05, 0) is 24.6 Å². The molecule has 7 nitrogen and oxygen atoms in total. The molecule has 0 amide bonds. The molecule has 5 N–H and O–H groups in total. The third-order valence-electron chi connectivity index (χ3n) is 3.96. The van der Waals surface area contributed by atoms with Crippen molar-refractivity contribution in [3.63, 3.8) is 0 Å². The summed E-state index contributed by atoms with van der Waals surface area (Å²) in [5, 5.41) is 3.90. The molecule has 1 aliphatic heterocycles. The zero-order valence-electron chi connectivity index (χ0n) is 13.4. The van der Waals surface area contributed by atoms with Crippen LogP contribution in [0.2, 0.25) is 10.0 Å². The highest BCUT2D eigenvalue weighted by Gasteiger charge is 2.37. The second kappa shape index (κ2) is 6.42. The maximum Gasteiger partial charge on any atom is 0.336 e. The van der Waals surface area contributed by atoms with Crippen LogP contribution in [-0.4, -0.2) is 23.0 Å². The Morgan fingerprint density at radius 1 is 1.28 bits per heavy atom. The Morgan fingerprint density at radius 2 is 2.00 bits per heavy atom. The fourth-order valence-electron chi connectivity index (χ4n) is 2.92. The van der Waals surface area contributed by atoms with Crippen LogP contribution in [0.1, 0.15) is 24.0 Å². The number of halogens is 2. The van der Waals surface area contributed by atoms with Gasteiger partial charge in [-0.1, -0.05) is 29.3 Å². The largest absolute Gasteiger partial charge is 0.466 e. The van der Waals surface area contributed by atoms with Crippen LogP contribution in [0.4, 0.5) is 17.6 Å². The summed E-state index contributed by atoms with van der Waals surface area (Å²) in [4.78, 5) is 20.6. The van der Waals surface area contributed by atoms with Crippen molar-refractivity contribution in [2.75, 3.05) is 23.9 Å². The van der Waals surface area contributed by atoms with E-state index in [2.05, 4.69) is 15.3 Å². The van der Waals surface area contributed by atoms with Gasteiger partial charge in [0.1, 0.15) is 11.6 Å². The van der Waals surface area contributed by atoms with Crippen molar-refractivity contribution >= 4 is 46.8 Å². The number of carbonyl (C=O) groups is 1. The third-order valence-corrected chi connectivity index (χ3v) is 4.52. The van der Waals surface area contributed by atoms with Gasteiger partial charge in [0, 0.05) is 21.3 Å². The Hall–Kier alpha value is -2.51. The Bertz CT molecular complexity index is 914. The summed E-state index contributed by atoms with van der Waals surface area (Å²) in [6.07, 6.45) is 0. The standard InChI is InChI=1S/C16H15Cl2N5O2/c1-6-10(15(24)25-2)11(8-4-3-7(17)5-9(8)18)12-13(19)22-16(20)23-14(12)21-6/h3-5,11H,1-2H3,(H5,19,20,21,22,23). The Kier molecular flexibility index (Phi) is 4.45. The number of esters is 1. The number of carbonyl (C=O) groups excluding carboxylic acids is 1. The number of nitrogens with zero attached hydrogens (tertiary/aromatic N) is 2. The fraction of sp³-hybridized carbons (Fsp3) is 0.188. The minimum absolute atomic E-state index is 0.0269. The lowest BCUT2D eigenvalue weighted by Crippen LogP contribution is -2.26. The fourth-order valence-corrected chi connectivity index (χ4v) is 3.44. The van der Waals surface area contributed by atoms with Gasteiger partial charge in [-0.15, -0.1) is 0 Å². The first kappa shape index (κ1) is 17.3. The third kappa shape index (κ3) is 2.96. The lowest BCUT2D eigenvalue weighted by Gasteiger charge is -2.30. The average molecular weight is 380 g/mol. The molecule has 1 aliphatic rings. The van der Waals surface area contributed by atoms with Gasteiger partial charge in [-0.2, -0.15) is 9.97 Å². The molecule has 3 rings (SSSR count). The van der Waals surface area contributed by atoms with E-state index >= 15 is 0 Å². The number of fused-ring (bicyclic) bond motifs is 1. The van der Waals surface area contributed by atoms with Crippen LogP contribution in [-0.2, 0) is 9.53 Å². The number of methoxy groups -OCH3 is 1. The molecule has 2 heterocycles. The SMILES string of the molecule is COC(=O)C1=C(C)Nc2nc(N)nc(N)c2C1c1ccc(Cl)cc1Cl. The number of nitrogens with two attached hydrogens (primary N) is 2. The summed E-state index contributed by atoms with van der Waals surface area (Å²) in [6, 6.07) is 5.01. The van der Waals surface area contributed by atoms with Gasteiger partial charge in [0.05, 0.1) is 18.6 Å². The minimum atomic E-state index is -0.617. The minimum Gasteiger partial charge on any atom is -0.466 e. The number of allylic oxidation sites excluding steroid dienone is 1. The van der Waals surface area contributed by atoms with Crippen molar-refractivity contribution in [3.05, 3.63) is 50.6 Å². The molecule has 130 valence electrons. The first-order valence-electron chi connectivity index (χ1n) is 7.27. The summed E-state index contributed by atoms with van der Waals surface area (Å²) in [5.41, 5.74) is 13.8. The van der Waals surface area contributed by atoms with Crippen LogP contribution >= 0.6 is 23.2 Å². The van der Waals surface area contributed by atoms with Crippen LogP contribution in [0.3, 0.4) is 0 Å². The van der Waals surface area contributed by atoms with Crippen molar-refractivity contribution in [3.8, 4) is 0 Å². The normalized spacial score (nSPS) is 16.2. The van der Waals surface area contributed by atoms with Gasteiger partial charge in [0.2, 0.25) is 5.95 Å². The van der Waals surface area contributed by atoms with Crippen molar-refractivity contribution in [2.24, 2.45) is 0 Å². The summed E-state index contributed by atoms with van der Waals surface area (Å²) >= 11 is 12.4. The van der Waals surface area contributed by atoms with Gasteiger partial charge in [-0.3, -0.25) is 0 Å². The zero-order chi connectivity index (χ0) is 18.3. The van der Waals surface area contributed by atoms with Crippen LogP contribution in [0.15, 0.2) is 29.5 Å². The topological polar surface area (TPSA) is 116 Å². The van der Waals surface area contributed by atoms with Crippen LogP contribution < -0.4 is 16.8 Å². The smallest absolute Gasteiger partial charge is 0.336 e. The molecular weight excluding hydrogens is 365 g/mol. The predicted molar refractivity (Wildman–Crippen MR) is 97.5 cm³/mol. The molecule has 1 atom stereocenters. The van der Waals surface area contributed by atoms with Crippen molar-refractivity contribution in [2.45, 2.75) is 12.8 Å². The molecule has 2 aromatic rings. The number of nitrogen functional groups attached to an aromatic ring is 2. The highest BCUT2D eigenvalue weighted by Crippen LogP contribution is 2.46. The molecule has 0 fully saturated rings. The molecular formula is C16H15Cl2N5O2. The number of ether oxygens (including phenoxy) is 1. The quantitative estimate of drug-likeness (QED) is 0.686.